The van der Waals surface area contributed by atoms with E-state index >= 15 is 0 Å². The molecule has 0 aliphatic rings. The van der Waals surface area contributed by atoms with Crippen molar-refractivity contribution in [1.29, 1.82) is 0 Å². The first-order chi connectivity index (χ1) is 21.7. The summed E-state index contributed by atoms with van der Waals surface area (Å²) in [5, 5.41) is 2.26. The zero-order valence-corrected chi connectivity index (χ0v) is 29.4. The SMILES string of the molecule is CC(C)(C)Cc1ccnc(-c2[c-]ccc3c2oc2c(Cc4ccccc4)cccc23)c1.Cc1c[c-]c(-c2ccc(C)cn2)cc1.[Ir]. The zero-order chi connectivity index (χ0) is 31.4. The Hall–Kier alpha value is -4.37. The average Bonchev–Trinajstić information content (AvgIpc) is 3.42. The molecule has 233 valence electrons. The molecule has 4 heteroatoms. The fraction of sp³-hybridized carbons (Fsp3) is 0.190. The van der Waals surface area contributed by atoms with Gasteiger partial charge in [0.2, 0.25) is 0 Å². The standard InChI is InChI=1S/C29H26NO.C13H12N.Ir/c1-29(2,3)19-21-15-16-30-26(18-21)25-14-8-13-24-23-12-7-11-22(27(23)31-28(24)25)17-20-9-5-4-6-10-20;1-10-3-6-12(7-4-10)13-8-5-11(2)9-14-13;/h4-13,15-16,18H,17,19H2,1-3H3;3-6,8-9H,1-2H3;/q2*-1;. The molecule has 0 spiro atoms. The molecule has 1 radical (unpaired) electrons. The summed E-state index contributed by atoms with van der Waals surface area (Å²) in [4.78, 5) is 9.01. The number of pyridine rings is 2. The predicted molar refractivity (Wildman–Crippen MR) is 186 cm³/mol. The molecule has 7 rings (SSSR count). The van der Waals surface area contributed by atoms with Gasteiger partial charge in [0.25, 0.3) is 0 Å². The Morgan fingerprint density at radius 3 is 2.20 bits per heavy atom. The van der Waals surface area contributed by atoms with Crippen molar-refractivity contribution in [1.82, 2.24) is 9.97 Å². The van der Waals surface area contributed by atoms with Crippen LogP contribution in [-0.2, 0) is 32.9 Å². The molecular weight excluding hydrogens is 741 g/mol. The van der Waals surface area contributed by atoms with Crippen LogP contribution < -0.4 is 0 Å². The second-order valence-corrected chi connectivity index (χ2v) is 12.9. The third-order valence-corrected chi connectivity index (χ3v) is 7.75. The Balaban J connectivity index is 0.000000234. The van der Waals surface area contributed by atoms with Crippen molar-refractivity contribution < 1.29 is 24.5 Å². The summed E-state index contributed by atoms with van der Waals surface area (Å²) in [5.41, 5.74) is 12.1. The van der Waals surface area contributed by atoms with E-state index in [1.54, 1.807) is 0 Å². The van der Waals surface area contributed by atoms with Crippen LogP contribution in [0.25, 0.3) is 44.5 Å². The van der Waals surface area contributed by atoms with Crippen molar-refractivity contribution in [3.05, 3.63) is 155 Å². The van der Waals surface area contributed by atoms with Gasteiger partial charge < -0.3 is 14.4 Å². The van der Waals surface area contributed by atoms with Crippen LogP contribution in [0, 0.1) is 31.4 Å². The van der Waals surface area contributed by atoms with Crippen LogP contribution in [-0.4, -0.2) is 9.97 Å². The number of hydrogen-bond donors (Lipinski definition) is 0. The minimum Gasteiger partial charge on any atom is -0.500 e. The number of nitrogens with zero attached hydrogens (tertiary/aromatic N) is 2. The number of rotatable bonds is 5. The van der Waals surface area contributed by atoms with Gasteiger partial charge in [0.05, 0.1) is 5.58 Å². The quantitative estimate of drug-likeness (QED) is 0.163. The Morgan fingerprint density at radius 1 is 0.696 bits per heavy atom. The number of aryl methyl sites for hydroxylation is 2. The van der Waals surface area contributed by atoms with E-state index in [9.17, 15) is 0 Å². The maximum atomic E-state index is 6.51. The number of furan rings is 1. The van der Waals surface area contributed by atoms with Crippen LogP contribution >= 0.6 is 0 Å². The van der Waals surface area contributed by atoms with Gasteiger partial charge in [-0.15, -0.1) is 53.6 Å². The van der Waals surface area contributed by atoms with Crippen LogP contribution in [0.2, 0.25) is 0 Å². The molecule has 0 N–H and O–H groups in total. The maximum absolute atomic E-state index is 6.51. The molecule has 46 heavy (non-hydrogen) atoms. The Kier molecular flexibility index (Phi) is 10.3. The normalized spacial score (nSPS) is 11.2. The van der Waals surface area contributed by atoms with Gasteiger partial charge in [-0.3, -0.25) is 0 Å². The van der Waals surface area contributed by atoms with Crippen LogP contribution in [0.3, 0.4) is 0 Å². The molecule has 0 aliphatic carbocycles. The summed E-state index contributed by atoms with van der Waals surface area (Å²) in [5.74, 6) is 0. The van der Waals surface area contributed by atoms with E-state index in [1.807, 2.05) is 49.6 Å². The van der Waals surface area contributed by atoms with Gasteiger partial charge in [0.1, 0.15) is 5.58 Å². The Morgan fingerprint density at radius 2 is 1.48 bits per heavy atom. The number of fused-ring (bicyclic) bond motifs is 3. The first-order valence-electron chi connectivity index (χ1n) is 15.5. The zero-order valence-electron chi connectivity index (χ0n) is 27.0. The number of benzene rings is 4. The Bertz CT molecular complexity index is 1990. The third-order valence-electron chi connectivity index (χ3n) is 7.75. The fourth-order valence-electron chi connectivity index (χ4n) is 5.59. The van der Waals surface area contributed by atoms with E-state index in [0.717, 1.165) is 57.3 Å². The van der Waals surface area contributed by atoms with Gasteiger partial charge in [0.15, 0.2) is 0 Å². The summed E-state index contributed by atoms with van der Waals surface area (Å²) >= 11 is 0. The topological polar surface area (TPSA) is 38.9 Å². The van der Waals surface area contributed by atoms with Gasteiger partial charge in [-0.1, -0.05) is 111 Å². The van der Waals surface area contributed by atoms with Gasteiger partial charge >= 0.3 is 0 Å². The maximum Gasteiger partial charge on any atom is 0.124 e. The van der Waals surface area contributed by atoms with Gasteiger partial charge in [-0.05, 0) is 52.9 Å². The van der Waals surface area contributed by atoms with Crippen LogP contribution in [0.15, 0.2) is 120 Å². The first-order valence-corrected chi connectivity index (χ1v) is 15.5. The van der Waals surface area contributed by atoms with Crippen molar-refractivity contribution in [2.75, 3.05) is 0 Å². The van der Waals surface area contributed by atoms with Crippen molar-refractivity contribution in [3.8, 4) is 22.5 Å². The fourth-order valence-corrected chi connectivity index (χ4v) is 5.59. The van der Waals surface area contributed by atoms with E-state index in [2.05, 4.69) is 123 Å². The molecule has 0 bridgehead atoms. The molecule has 0 amide bonds. The van der Waals surface area contributed by atoms with E-state index in [-0.39, 0.29) is 25.5 Å². The number of para-hydroxylation sites is 1. The van der Waals surface area contributed by atoms with Gasteiger partial charge in [-0.2, -0.15) is 0 Å². The van der Waals surface area contributed by atoms with Gasteiger partial charge in [-0.25, -0.2) is 0 Å². The van der Waals surface area contributed by atoms with E-state index < -0.39 is 0 Å². The molecule has 0 saturated carbocycles. The minimum atomic E-state index is 0. The summed E-state index contributed by atoms with van der Waals surface area (Å²) in [6.45, 7) is 10.9. The van der Waals surface area contributed by atoms with Crippen LogP contribution in [0.5, 0.6) is 0 Å². The molecule has 7 aromatic rings. The molecular formula is C42H38IrN2O-2. The number of hydrogen-bond acceptors (Lipinski definition) is 3. The smallest absolute Gasteiger partial charge is 0.124 e. The molecule has 4 aromatic carbocycles. The number of aromatic nitrogens is 2. The summed E-state index contributed by atoms with van der Waals surface area (Å²) < 4.78 is 6.51. The average molecular weight is 779 g/mol. The van der Waals surface area contributed by atoms with E-state index in [4.69, 9.17) is 4.42 Å². The van der Waals surface area contributed by atoms with Crippen molar-refractivity contribution in [2.45, 2.75) is 47.5 Å². The summed E-state index contributed by atoms with van der Waals surface area (Å²) in [7, 11) is 0. The van der Waals surface area contributed by atoms with Gasteiger partial charge in [0, 0.05) is 44.3 Å². The molecule has 0 atom stereocenters. The molecule has 3 aromatic heterocycles. The first kappa shape index (κ1) is 33.0. The van der Waals surface area contributed by atoms with E-state index in [1.165, 1.54) is 27.8 Å². The van der Waals surface area contributed by atoms with Crippen LogP contribution in [0.4, 0.5) is 0 Å². The van der Waals surface area contributed by atoms with Crippen molar-refractivity contribution >= 4 is 21.9 Å². The molecule has 3 heterocycles. The molecule has 3 nitrogen and oxygen atoms in total. The largest absolute Gasteiger partial charge is 0.500 e. The minimum absolute atomic E-state index is 0. The predicted octanol–water partition coefficient (Wildman–Crippen LogP) is 10.8. The molecule has 0 fully saturated rings. The second-order valence-electron chi connectivity index (χ2n) is 12.9. The summed E-state index contributed by atoms with van der Waals surface area (Å²) in [6, 6.07) is 42.1. The van der Waals surface area contributed by atoms with E-state index in [0.29, 0.717) is 0 Å². The summed E-state index contributed by atoms with van der Waals surface area (Å²) in [6.07, 6.45) is 5.62. The second kappa shape index (κ2) is 14.4. The van der Waals surface area contributed by atoms with Crippen LogP contribution in [0.1, 0.15) is 48.6 Å². The van der Waals surface area contributed by atoms with Crippen molar-refractivity contribution in [2.24, 2.45) is 5.41 Å². The third kappa shape index (κ3) is 7.88. The van der Waals surface area contributed by atoms with Crippen molar-refractivity contribution in [3.63, 3.8) is 0 Å². The molecule has 0 unspecified atom stereocenters. The molecule has 0 aliphatic heterocycles. The Labute approximate surface area is 286 Å². The monoisotopic (exact) mass is 779 g/mol. The molecule has 0 saturated heterocycles.